The van der Waals surface area contributed by atoms with E-state index >= 15 is 0 Å². The molecule has 5 nitrogen and oxygen atoms in total. The van der Waals surface area contributed by atoms with E-state index in [1.165, 1.54) is 5.69 Å². The number of nitrogens with two attached hydrogens (primary N) is 1. The molecule has 0 radical (unpaired) electrons. The van der Waals surface area contributed by atoms with Crippen molar-refractivity contribution in [3.05, 3.63) is 54.7 Å². The Kier molecular flexibility index (Phi) is 4.15. The number of H-pyrrole nitrogens is 1. The van der Waals surface area contributed by atoms with Crippen LogP contribution in [-0.2, 0) is 0 Å². The first-order chi connectivity index (χ1) is 12.2. The molecule has 0 atom stereocenters. The van der Waals surface area contributed by atoms with E-state index in [1.807, 2.05) is 30.5 Å². The molecule has 1 aliphatic rings. The maximum Gasteiger partial charge on any atom is 0.0927 e. The highest BCUT2D eigenvalue weighted by Crippen LogP contribution is 2.35. The Balaban J connectivity index is 1.77. The summed E-state index contributed by atoms with van der Waals surface area (Å²) in [6.07, 6.45) is 1.86. The standard InChI is InChI=1S/C20H23N5/c1-24-9-11-25(12-10-24)17-5-6-18(15-3-2-4-16(21)13-15)19(14-17)20-7-8-22-23-20/h2-8,13-14H,9-12,21H2,1H3,(H,22,23). The third kappa shape index (κ3) is 3.23. The number of nitrogens with one attached hydrogen (secondary N) is 1. The summed E-state index contributed by atoms with van der Waals surface area (Å²) in [5.74, 6) is 0. The molecule has 1 saturated heterocycles. The van der Waals surface area contributed by atoms with Crippen LogP contribution in [0, 0.1) is 0 Å². The zero-order chi connectivity index (χ0) is 17.2. The molecule has 0 unspecified atom stereocenters. The largest absolute Gasteiger partial charge is 0.399 e. The highest BCUT2D eigenvalue weighted by molar-refractivity contribution is 5.85. The van der Waals surface area contributed by atoms with Crippen LogP contribution in [0.25, 0.3) is 22.4 Å². The van der Waals surface area contributed by atoms with Crippen LogP contribution in [0.1, 0.15) is 0 Å². The van der Waals surface area contributed by atoms with E-state index in [2.05, 4.69) is 51.3 Å². The first-order valence-corrected chi connectivity index (χ1v) is 8.64. The molecule has 25 heavy (non-hydrogen) atoms. The quantitative estimate of drug-likeness (QED) is 0.723. The highest BCUT2D eigenvalue weighted by Gasteiger charge is 2.17. The first-order valence-electron chi connectivity index (χ1n) is 8.64. The monoisotopic (exact) mass is 333 g/mol. The minimum absolute atomic E-state index is 0.772. The van der Waals surface area contributed by atoms with Gasteiger partial charge in [-0.15, -0.1) is 0 Å². The molecule has 128 valence electrons. The van der Waals surface area contributed by atoms with Crippen LogP contribution in [0.3, 0.4) is 0 Å². The van der Waals surface area contributed by atoms with Gasteiger partial charge in [0.2, 0.25) is 0 Å². The van der Waals surface area contributed by atoms with E-state index in [4.69, 9.17) is 5.73 Å². The maximum absolute atomic E-state index is 5.99. The average Bonchev–Trinajstić information content (AvgIpc) is 3.16. The van der Waals surface area contributed by atoms with Crippen LogP contribution >= 0.6 is 0 Å². The fourth-order valence-electron chi connectivity index (χ4n) is 3.37. The summed E-state index contributed by atoms with van der Waals surface area (Å²) < 4.78 is 0. The molecule has 4 rings (SSSR count). The molecule has 1 fully saturated rings. The van der Waals surface area contributed by atoms with Crippen molar-refractivity contribution in [2.45, 2.75) is 0 Å². The fraction of sp³-hybridized carbons (Fsp3) is 0.250. The van der Waals surface area contributed by atoms with Crippen LogP contribution in [0.15, 0.2) is 54.7 Å². The van der Waals surface area contributed by atoms with E-state index in [1.54, 1.807) is 0 Å². The third-order valence-corrected chi connectivity index (χ3v) is 4.85. The van der Waals surface area contributed by atoms with E-state index in [0.29, 0.717) is 0 Å². The predicted molar refractivity (Wildman–Crippen MR) is 104 cm³/mol. The van der Waals surface area contributed by atoms with Gasteiger partial charge in [-0.3, -0.25) is 5.10 Å². The van der Waals surface area contributed by atoms with Gasteiger partial charge in [-0.2, -0.15) is 5.10 Å². The number of likely N-dealkylation sites (N-methyl/N-ethyl adjacent to an activating group) is 1. The SMILES string of the molecule is CN1CCN(c2ccc(-c3cccc(N)c3)c(-c3cc[nH]n3)c2)CC1. The summed E-state index contributed by atoms with van der Waals surface area (Å²) in [6.45, 7) is 4.28. The minimum Gasteiger partial charge on any atom is -0.399 e. The van der Waals surface area contributed by atoms with Gasteiger partial charge in [-0.25, -0.2) is 0 Å². The number of benzene rings is 2. The zero-order valence-electron chi connectivity index (χ0n) is 14.4. The third-order valence-electron chi connectivity index (χ3n) is 4.85. The maximum atomic E-state index is 5.99. The Bertz CT molecular complexity index is 848. The number of aromatic amines is 1. The summed E-state index contributed by atoms with van der Waals surface area (Å²) in [4.78, 5) is 4.81. The normalized spacial score (nSPS) is 15.5. The lowest BCUT2D eigenvalue weighted by molar-refractivity contribution is 0.313. The van der Waals surface area contributed by atoms with Crippen LogP contribution in [0.4, 0.5) is 11.4 Å². The van der Waals surface area contributed by atoms with Crippen molar-refractivity contribution in [3.63, 3.8) is 0 Å². The van der Waals surface area contributed by atoms with Crippen LogP contribution < -0.4 is 10.6 Å². The molecular weight excluding hydrogens is 310 g/mol. The smallest absolute Gasteiger partial charge is 0.0927 e. The van der Waals surface area contributed by atoms with Crippen molar-refractivity contribution in [1.29, 1.82) is 0 Å². The Morgan fingerprint density at radius 2 is 1.80 bits per heavy atom. The van der Waals surface area contributed by atoms with Crippen molar-refractivity contribution < 1.29 is 0 Å². The van der Waals surface area contributed by atoms with E-state index in [9.17, 15) is 0 Å². The van der Waals surface area contributed by atoms with Crippen LogP contribution in [-0.4, -0.2) is 48.3 Å². The molecule has 2 aromatic carbocycles. The van der Waals surface area contributed by atoms with Crippen molar-refractivity contribution >= 4 is 11.4 Å². The van der Waals surface area contributed by atoms with Gasteiger partial charge < -0.3 is 15.5 Å². The van der Waals surface area contributed by atoms with Gasteiger partial charge in [0.1, 0.15) is 0 Å². The molecule has 3 N–H and O–H groups in total. The highest BCUT2D eigenvalue weighted by atomic mass is 15.2. The van der Waals surface area contributed by atoms with Gasteiger partial charge in [0.25, 0.3) is 0 Å². The molecular formula is C20H23N5. The van der Waals surface area contributed by atoms with E-state index < -0.39 is 0 Å². The van der Waals surface area contributed by atoms with Gasteiger partial charge in [-0.1, -0.05) is 18.2 Å². The molecule has 1 aliphatic heterocycles. The zero-order valence-corrected chi connectivity index (χ0v) is 14.4. The van der Waals surface area contributed by atoms with Crippen molar-refractivity contribution in [2.24, 2.45) is 0 Å². The van der Waals surface area contributed by atoms with Gasteiger partial charge in [0.15, 0.2) is 0 Å². The summed E-state index contributed by atoms with van der Waals surface area (Å²) >= 11 is 0. The Hall–Kier alpha value is -2.79. The number of hydrogen-bond acceptors (Lipinski definition) is 4. The molecule has 0 spiro atoms. The van der Waals surface area contributed by atoms with Gasteiger partial charge in [0.05, 0.1) is 5.69 Å². The second-order valence-corrected chi connectivity index (χ2v) is 6.61. The van der Waals surface area contributed by atoms with Crippen LogP contribution in [0.2, 0.25) is 0 Å². The number of nitrogens with zero attached hydrogens (tertiary/aromatic N) is 3. The van der Waals surface area contributed by atoms with E-state index in [-0.39, 0.29) is 0 Å². The summed E-state index contributed by atoms with van der Waals surface area (Å²) in [6, 6.07) is 16.7. The molecule has 0 amide bonds. The topological polar surface area (TPSA) is 61.2 Å². The Morgan fingerprint density at radius 3 is 2.52 bits per heavy atom. The van der Waals surface area contributed by atoms with Gasteiger partial charge in [-0.05, 0) is 48.5 Å². The van der Waals surface area contributed by atoms with Crippen molar-refractivity contribution in [1.82, 2.24) is 15.1 Å². The van der Waals surface area contributed by atoms with Crippen molar-refractivity contribution in [2.75, 3.05) is 43.9 Å². The lowest BCUT2D eigenvalue weighted by Gasteiger charge is -2.34. The summed E-state index contributed by atoms with van der Waals surface area (Å²) in [5.41, 5.74) is 12.4. The summed E-state index contributed by atoms with van der Waals surface area (Å²) in [7, 11) is 2.18. The number of rotatable bonds is 3. The second-order valence-electron chi connectivity index (χ2n) is 6.61. The van der Waals surface area contributed by atoms with Gasteiger partial charge in [0, 0.05) is 49.3 Å². The number of aromatic nitrogens is 2. The Morgan fingerprint density at radius 1 is 0.960 bits per heavy atom. The van der Waals surface area contributed by atoms with E-state index in [0.717, 1.165) is 54.3 Å². The lowest BCUT2D eigenvalue weighted by atomic mass is 9.96. The number of anilines is 2. The fourth-order valence-corrected chi connectivity index (χ4v) is 3.37. The molecule has 3 aromatic rings. The summed E-state index contributed by atoms with van der Waals surface area (Å²) in [5, 5.41) is 7.34. The molecule has 1 aromatic heterocycles. The molecule has 2 heterocycles. The minimum atomic E-state index is 0.772. The molecule has 5 heteroatoms. The number of piperazine rings is 1. The predicted octanol–water partition coefficient (Wildman–Crippen LogP) is 3.08. The second kappa shape index (κ2) is 6.61. The van der Waals surface area contributed by atoms with Crippen molar-refractivity contribution in [3.8, 4) is 22.4 Å². The molecule has 0 aliphatic carbocycles. The van der Waals surface area contributed by atoms with Crippen LogP contribution in [0.5, 0.6) is 0 Å². The lowest BCUT2D eigenvalue weighted by Crippen LogP contribution is -2.44. The number of nitrogen functional groups attached to an aromatic ring is 1. The molecule has 0 saturated carbocycles. The average molecular weight is 333 g/mol. The first kappa shape index (κ1) is 15.7. The Labute approximate surface area is 148 Å². The molecule has 0 bridgehead atoms. The van der Waals surface area contributed by atoms with Gasteiger partial charge >= 0.3 is 0 Å². The number of hydrogen-bond donors (Lipinski definition) is 2.